The van der Waals surface area contributed by atoms with Crippen LogP contribution in [0, 0.1) is 18.6 Å². The first-order valence-electron chi connectivity index (χ1n) is 12.6. The Morgan fingerprint density at radius 1 is 1.05 bits per heavy atom. The molecular weight excluding hydrogens is 500 g/mol. The van der Waals surface area contributed by atoms with E-state index in [2.05, 4.69) is 5.32 Å². The summed E-state index contributed by atoms with van der Waals surface area (Å²) >= 11 is 0. The SMILES string of the molecule is CCC(C(=O)NC1CCCCC1)N(Cc1cccc(C)c1)C(=O)CN(c1ccc(F)c(F)c1)S(C)(=O)=O. The van der Waals surface area contributed by atoms with Gasteiger partial charge in [0.25, 0.3) is 0 Å². The zero-order chi connectivity index (χ0) is 27.2. The fraction of sp³-hybridized carbons (Fsp3) is 0.481. The van der Waals surface area contributed by atoms with E-state index in [0.717, 1.165) is 72.0 Å². The van der Waals surface area contributed by atoms with Crippen LogP contribution in [0.5, 0.6) is 0 Å². The zero-order valence-corrected chi connectivity index (χ0v) is 22.4. The normalized spacial score (nSPS) is 15.2. The smallest absolute Gasteiger partial charge is 0.244 e. The number of carbonyl (C=O) groups is 2. The predicted molar refractivity (Wildman–Crippen MR) is 139 cm³/mol. The molecule has 0 aliphatic heterocycles. The van der Waals surface area contributed by atoms with Crippen LogP contribution in [0.3, 0.4) is 0 Å². The monoisotopic (exact) mass is 535 g/mol. The number of halogens is 2. The number of aryl methyl sites for hydroxylation is 1. The summed E-state index contributed by atoms with van der Waals surface area (Å²) in [6, 6.07) is 9.36. The van der Waals surface area contributed by atoms with Crippen LogP contribution in [0.2, 0.25) is 0 Å². The molecule has 37 heavy (non-hydrogen) atoms. The largest absolute Gasteiger partial charge is 0.352 e. The summed E-state index contributed by atoms with van der Waals surface area (Å²) in [5.41, 5.74) is 1.59. The maximum Gasteiger partial charge on any atom is 0.244 e. The number of hydrogen-bond donors (Lipinski definition) is 1. The summed E-state index contributed by atoms with van der Waals surface area (Å²) in [6.07, 6.45) is 6.17. The lowest BCUT2D eigenvalue weighted by molar-refractivity contribution is -0.140. The van der Waals surface area contributed by atoms with Crippen LogP contribution in [0.1, 0.15) is 56.6 Å². The lowest BCUT2D eigenvalue weighted by Crippen LogP contribution is -2.54. The molecular formula is C27H35F2N3O4S. The average molecular weight is 536 g/mol. The van der Waals surface area contributed by atoms with Gasteiger partial charge >= 0.3 is 0 Å². The van der Waals surface area contributed by atoms with Gasteiger partial charge in [0.05, 0.1) is 11.9 Å². The van der Waals surface area contributed by atoms with E-state index in [1.807, 2.05) is 31.2 Å². The van der Waals surface area contributed by atoms with E-state index in [1.54, 1.807) is 6.92 Å². The fourth-order valence-corrected chi connectivity index (χ4v) is 5.57. The number of amides is 2. The Morgan fingerprint density at radius 3 is 2.35 bits per heavy atom. The second-order valence-electron chi connectivity index (χ2n) is 9.65. The van der Waals surface area contributed by atoms with Crippen LogP contribution < -0.4 is 9.62 Å². The molecule has 7 nitrogen and oxygen atoms in total. The van der Waals surface area contributed by atoms with Crippen molar-refractivity contribution in [3.8, 4) is 0 Å². The average Bonchev–Trinajstić information content (AvgIpc) is 2.84. The Hall–Kier alpha value is -3.01. The van der Waals surface area contributed by atoms with E-state index in [0.29, 0.717) is 6.42 Å². The molecule has 0 spiro atoms. The summed E-state index contributed by atoms with van der Waals surface area (Å²) in [5.74, 6) is -3.26. The summed E-state index contributed by atoms with van der Waals surface area (Å²) in [7, 11) is -4.03. The molecule has 202 valence electrons. The molecule has 0 radical (unpaired) electrons. The number of nitrogens with one attached hydrogen (secondary N) is 1. The molecule has 0 bridgehead atoms. The molecule has 1 aliphatic carbocycles. The van der Waals surface area contributed by atoms with Gasteiger partial charge in [0.15, 0.2) is 11.6 Å². The molecule has 2 aromatic carbocycles. The highest BCUT2D eigenvalue weighted by atomic mass is 32.2. The second-order valence-corrected chi connectivity index (χ2v) is 11.6. The lowest BCUT2D eigenvalue weighted by atomic mass is 9.95. The van der Waals surface area contributed by atoms with Crippen LogP contribution in [0.15, 0.2) is 42.5 Å². The first-order valence-corrected chi connectivity index (χ1v) is 14.4. The van der Waals surface area contributed by atoms with E-state index < -0.39 is 40.2 Å². The number of benzene rings is 2. The highest BCUT2D eigenvalue weighted by Gasteiger charge is 2.33. The van der Waals surface area contributed by atoms with E-state index in [-0.39, 0.29) is 24.2 Å². The Morgan fingerprint density at radius 2 is 1.76 bits per heavy atom. The van der Waals surface area contributed by atoms with E-state index in [1.165, 1.54) is 4.90 Å². The summed E-state index contributed by atoms with van der Waals surface area (Å²) in [5, 5.41) is 3.08. The minimum Gasteiger partial charge on any atom is -0.352 e. The summed E-state index contributed by atoms with van der Waals surface area (Å²) in [6.45, 7) is 3.14. The third-order valence-corrected chi connectivity index (χ3v) is 7.78. The van der Waals surface area contributed by atoms with Gasteiger partial charge in [-0.3, -0.25) is 13.9 Å². The van der Waals surface area contributed by atoms with Gasteiger partial charge in [0.1, 0.15) is 12.6 Å². The van der Waals surface area contributed by atoms with Crippen molar-refractivity contribution in [2.45, 2.75) is 71.0 Å². The zero-order valence-electron chi connectivity index (χ0n) is 21.5. The third kappa shape index (κ3) is 7.74. The van der Waals surface area contributed by atoms with Crippen LogP contribution in [0.25, 0.3) is 0 Å². The standard InChI is InChI=1S/C27H35F2N3O4S/c1-4-25(27(34)30-21-11-6-5-7-12-21)31(17-20-10-8-9-19(2)15-20)26(33)18-32(37(3,35)36)22-13-14-23(28)24(29)16-22/h8-10,13-16,21,25H,4-7,11-12,17-18H2,1-3H3,(H,30,34). The van der Waals surface area contributed by atoms with Crippen LogP contribution >= 0.6 is 0 Å². The molecule has 1 aliphatic rings. The van der Waals surface area contributed by atoms with Gasteiger partial charge in [0, 0.05) is 18.7 Å². The van der Waals surface area contributed by atoms with Crippen molar-refractivity contribution in [3.05, 3.63) is 65.2 Å². The van der Waals surface area contributed by atoms with Crippen LogP contribution in [0.4, 0.5) is 14.5 Å². The number of rotatable bonds is 10. The molecule has 1 N–H and O–H groups in total. The molecule has 0 heterocycles. The van der Waals surface area contributed by atoms with Gasteiger partial charge in [-0.1, -0.05) is 56.0 Å². The molecule has 2 amide bonds. The minimum absolute atomic E-state index is 0.0425. The molecule has 1 fully saturated rings. The predicted octanol–water partition coefficient (Wildman–Crippen LogP) is 4.30. The summed E-state index contributed by atoms with van der Waals surface area (Å²) < 4.78 is 53.3. The third-order valence-electron chi connectivity index (χ3n) is 6.64. The number of hydrogen-bond acceptors (Lipinski definition) is 4. The molecule has 1 atom stereocenters. The van der Waals surface area contributed by atoms with E-state index >= 15 is 0 Å². The Labute approximate surface area is 217 Å². The molecule has 3 rings (SSSR count). The van der Waals surface area contributed by atoms with Crippen molar-refractivity contribution in [2.75, 3.05) is 17.1 Å². The Kier molecular flexibility index (Phi) is 9.64. The maximum atomic E-state index is 13.9. The van der Waals surface area contributed by atoms with Crippen LogP contribution in [-0.4, -0.2) is 50.0 Å². The van der Waals surface area contributed by atoms with Gasteiger partial charge in [0.2, 0.25) is 21.8 Å². The Bertz CT molecular complexity index is 1220. The molecule has 0 aromatic heterocycles. The maximum absolute atomic E-state index is 13.9. The van der Waals surface area contributed by atoms with Crippen molar-refractivity contribution in [2.24, 2.45) is 0 Å². The first kappa shape index (κ1) is 28.6. The van der Waals surface area contributed by atoms with Crippen molar-refractivity contribution in [1.82, 2.24) is 10.2 Å². The summed E-state index contributed by atoms with van der Waals surface area (Å²) in [4.78, 5) is 28.4. The minimum atomic E-state index is -4.03. The second kappa shape index (κ2) is 12.5. The van der Waals surface area contributed by atoms with Gasteiger partial charge in [-0.05, 0) is 43.9 Å². The highest BCUT2D eigenvalue weighted by Crippen LogP contribution is 2.23. The first-order chi connectivity index (χ1) is 17.5. The quantitative estimate of drug-likeness (QED) is 0.492. The van der Waals surface area contributed by atoms with Gasteiger partial charge in [-0.15, -0.1) is 0 Å². The molecule has 0 saturated heterocycles. The van der Waals surface area contributed by atoms with Gasteiger partial charge < -0.3 is 10.2 Å². The van der Waals surface area contributed by atoms with Crippen LogP contribution in [-0.2, 0) is 26.2 Å². The molecule has 2 aromatic rings. The van der Waals surface area contributed by atoms with E-state index in [9.17, 15) is 26.8 Å². The van der Waals surface area contributed by atoms with Crippen molar-refractivity contribution < 1.29 is 26.8 Å². The number of anilines is 1. The highest BCUT2D eigenvalue weighted by molar-refractivity contribution is 7.92. The Balaban J connectivity index is 1.93. The lowest BCUT2D eigenvalue weighted by Gasteiger charge is -2.34. The molecule has 10 heteroatoms. The van der Waals surface area contributed by atoms with Gasteiger partial charge in [-0.2, -0.15) is 0 Å². The molecule has 1 unspecified atom stereocenters. The number of nitrogens with zero attached hydrogens (tertiary/aromatic N) is 2. The van der Waals surface area contributed by atoms with Crippen molar-refractivity contribution in [1.29, 1.82) is 0 Å². The number of sulfonamides is 1. The molecule has 1 saturated carbocycles. The van der Waals surface area contributed by atoms with Crippen molar-refractivity contribution in [3.63, 3.8) is 0 Å². The van der Waals surface area contributed by atoms with E-state index in [4.69, 9.17) is 0 Å². The number of carbonyl (C=O) groups excluding carboxylic acids is 2. The fourth-order valence-electron chi connectivity index (χ4n) is 4.72. The van der Waals surface area contributed by atoms with Gasteiger partial charge in [-0.25, -0.2) is 17.2 Å². The topological polar surface area (TPSA) is 86.8 Å². The van der Waals surface area contributed by atoms with Crippen molar-refractivity contribution >= 4 is 27.5 Å².